The molecule has 0 aliphatic rings. The zero-order valence-corrected chi connectivity index (χ0v) is 34.4. The number of aromatic nitrogens is 3. The molecule has 1 N–H and O–H groups in total. The average Bonchev–Trinajstić information content (AvgIpc) is 3.50. The molecule has 0 saturated carbocycles. The third-order valence-electron chi connectivity index (χ3n) is 9.87. The Morgan fingerprint density at radius 3 is 1.81 bits per heavy atom. The SMILES string of the molecule is CC(C)(C)c1cc(-c2[c-]c(-c3ccccn3)c(C(C)(C)C)cc2C(C)(C)C)c2nc(-c3cc(-c4ccccc4)ccc3O)n(-c3ccccc3)c2c1.[Pt]. The fourth-order valence-electron chi connectivity index (χ4n) is 7.00. The molecule has 0 atom stereocenters. The van der Waals surface area contributed by atoms with Gasteiger partial charge in [0.25, 0.3) is 0 Å². The summed E-state index contributed by atoms with van der Waals surface area (Å²) in [6, 6.07) is 43.5. The summed E-state index contributed by atoms with van der Waals surface area (Å²) >= 11 is 0. The van der Waals surface area contributed by atoms with Crippen LogP contribution in [0.5, 0.6) is 5.75 Å². The summed E-state index contributed by atoms with van der Waals surface area (Å²) in [5.74, 6) is 0.857. The molecular formula is C48H48N3OPt-. The maximum absolute atomic E-state index is 11.6. The molecule has 7 aromatic rings. The molecule has 7 rings (SSSR count). The van der Waals surface area contributed by atoms with Crippen molar-refractivity contribution in [1.29, 1.82) is 0 Å². The van der Waals surface area contributed by atoms with Crippen molar-refractivity contribution in [2.45, 2.75) is 78.6 Å². The number of fused-ring (bicyclic) bond motifs is 1. The first-order valence-corrected chi connectivity index (χ1v) is 18.2. The largest absolute Gasteiger partial charge is 0.507 e. The van der Waals surface area contributed by atoms with E-state index in [1.807, 2.05) is 48.7 Å². The van der Waals surface area contributed by atoms with Crippen LogP contribution in [0.1, 0.15) is 79.0 Å². The number of phenols is 1. The molecule has 0 unspecified atom stereocenters. The summed E-state index contributed by atoms with van der Waals surface area (Å²) in [6.07, 6.45) is 1.86. The molecule has 0 aliphatic heterocycles. The van der Waals surface area contributed by atoms with Gasteiger partial charge in [0.2, 0.25) is 0 Å². The number of hydrogen-bond acceptors (Lipinski definition) is 3. The number of pyridine rings is 1. The number of para-hydroxylation sites is 1. The van der Waals surface area contributed by atoms with Crippen LogP contribution >= 0.6 is 0 Å². The molecule has 0 fully saturated rings. The second-order valence-electron chi connectivity index (χ2n) is 16.9. The predicted molar refractivity (Wildman–Crippen MR) is 217 cm³/mol. The van der Waals surface area contributed by atoms with Gasteiger partial charge in [0, 0.05) is 38.6 Å². The van der Waals surface area contributed by atoms with E-state index in [1.54, 1.807) is 6.07 Å². The minimum atomic E-state index is -0.203. The Kier molecular flexibility index (Phi) is 10.2. The zero-order valence-electron chi connectivity index (χ0n) is 32.2. The standard InChI is InChI=1S/C48H48N3O.Pt/c1-46(2,3)33-27-36(35-29-37(41-22-16-17-25-49-41)40(48(7,8)9)30-39(35)47(4,5)6)44-42(28-33)51(34-20-14-11-15-21-34)45(50-44)38-26-32(23-24-43(38)52)31-18-12-10-13-19-31;/h10-28,30,52H,1-9H3;/q-1;. The van der Waals surface area contributed by atoms with Gasteiger partial charge in [-0.25, -0.2) is 4.98 Å². The molecule has 0 spiro atoms. The zero-order chi connectivity index (χ0) is 37.0. The van der Waals surface area contributed by atoms with E-state index < -0.39 is 0 Å². The minimum Gasteiger partial charge on any atom is -0.507 e. The second-order valence-corrected chi connectivity index (χ2v) is 16.9. The summed E-state index contributed by atoms with van der Waals surface area (Å²) in [5.41, 5.74) is 12.6. The van der Waals surface area contributed by atoms with Gasteiger partial charge >= 0.3 is 0 Å². The monoisotopic (exact) mass is 877 g/mol. The first-order chi connectivity index (χ1) is 24.6. The smallest absolute Gasteiger partial charge is 0.148 e. The van der Waals surface area contributed by atoms with E-state index in [-0.39, 0.29) is 43.1 Å². The van der Waals surface area contributed by atoms with Crippen molar-refractivity contribution in [2.75, 3.05) is 0 Å². The van der Waals surface area contributed by atoms with E-state index in [4.69, 9.17) is 9.97 Å². The number of imidazole rings is 1. The van der Waals surface area contributed by atoms with E-state index in [2.05, 4.69) is 140 Å². The van der Waals surface area contributed by atoms with Crippen LogP contribution in [0.2, 0.25) is 0 Å². The fourth-order valence-corrected chi connectivity index (χ4v) is 7.00. The molecule has 2 aromatic heterocycles. The van der Waals surface area contributed by atoms with Gasteiger partial charge in [-0.2, -0.15) is 0 Å². The quantitative estimate of drug-likeness (QED) is 0.175. The van der Waals surface area contributed by atoms with Crippen LogP contribution in [0.4, 0.5) is 0 Å². The van der Waals surface area contributed by atoms with E-state index in [0.717, 1.165) is 50.2 Å². The Balaban J connectivity index is 0.00000481. The molecule has 0 amide bonds. The minimum absolute atomic E-state index is 0. The molecular weight excluding hydrogens is 830 g/mol. The third kappa shape index (κ3) is 7.40. The maximum Gasteiger partial charge on any atom is 0.148 e. The van der Waals surface area contributed by atoms with Crippen molar-refractivity contribution >= 4 is 11.0 Å². The van der Waals surface area contributed by atoms with Gasteiger partial charge in [-0.1, -0.05) is 146 Å². The van der Waals surface area contributed by atoms with Gasteiger partial charge in [0.15, 0.2) is 0 Å². The molecule has 0 bridgehead atoms. The Morgan fingerprint density at radius 1 is 0.585 bits per heavy atom. The van der Waals surface area contributed by atoms with Crippen LogP contribution in [0.3, 0.4) is 0 Å². The summed E-state index contributed by atoms with van der Waals surface area (Å²) in [6.45, 7) is 20.4. The van der Waals surface area contributed by atoms with Gasteiger partial charge < -0.3 is 5.11 Å². The van der Waals surface area contributed by atoms with E-state index >= 15 is 0 Å². The van der Waals surface area contributed by atoms with Gasteiger partial charge in [-0.05, 0) is 69.3 Å². The Labute approximate surface area is 329 Å². The van der Waals surface area contributed by atoms with Crippen molar-refractivity contribution in [3.05, 3.63) is 144 Å². The number of rotatable bonds is 5. The van der Waals surface area contributed by atoms with Crippen molar-refractivity contribution in [3.63, 3.8) is 0 Å². The number of benzene rings is 5. The first-order valence-electron chi connectivity index (χ1n) is 18.2. The molecule has 5 heteroatoms. The Hall–Kier alpha value is -4.79. The summed E-state index contributed by atoms with van der Waals surface area (Å²) in [5, 5.41) is 11.6. The number of hydrogen-bond donors (Lipinski definition) is 1. The van der Waals surface area contributed by atoms with E-state index in [1.165, 1.54) is 16.7 Å². The molecule has 5 aromatic carbocycles. The number of nitrogens with zero attached hydrogens (tertiary/aromatic N) is 3. The molecule has 4 nitrogen and oxygen atoms in total. The van der Waals surface area contributed by atoms with Crippen molar-refractivity contribution < 1.29 is 26.2 Å². The number of aromatic hydroxyl groups is 1. The van der Waals surface area contributed by atoms with Crippen LogP contribution in [0.25, 0.3) is 61.6 Å². The van der Waals surface area contributed by atoms with Crippen LogP contribution in [0, 0.1) is 6.07 Å². The summed E-state index contributed by atoms with van der Waals surface area (Å²) in [4.78, 5) is 10.3. The predicted octanol–water partition coefficient (Wildman–Crippen LogP) is 12.5. The average molecular weight is 878 g/mol. The summed E-state index contributed by atoms with van der Waals surface area (Å²) in [7, 11) is 0. The maximum atomic E-state index is 11.6. The van der Waals surface area contributed by atoms with Crippen LogP contribution < -0.4 is 0 Å². The summed E-state index contributed by atoms with van der Waals surface area (Å²) < 4.78 is 2.21. The Morgan fingerprint density at radius 2 is 1.21 bits per heavy atom. The van der Waals surface area contributed by atoms with Gasteiger partial charge in [-0.3, -0.25) is 9.55 Å². The van der Waals surface area contributed by atoms with Crippen molar-refractivity contribution in [2.24, 2.45) is 0 Å². The van der Waals surface area contributed by atoms with E-state index in [0.29, 0.717) is 11.4 Å². The van der Waals surface area contributed by atoms with Crippen LogP contribution in [0.15, 0.2) is 121 Å². The fraction of sp³-hybridized carbons (Fsp3) is 0.250. The molecule has 2 heterocycles. The first kappa shape index (κ1) is 37.9. The number of phenolic OH excluding ortho intramolecular Hbond substituents is 1. The Bertz CT molecular complexity index is 2390. The van der Waals surface area contributed by atoms with E-state index in [9.17, 15) is 5.11 Å². The molecule has 0 radical (unpaired) electrons. The normalized spacial score (nSPS) is 12.2. The topological polar surface area (TPSA) is 50.9 Å². The van der Waals surface area contributed by atoms with Crippen molar-refractivity contribution in [3.8, 4) is 56.3 Å². The molecule has 272 valence electrons. The van der Waals surface area contributed by atoms with Crippen molar-refractivity contribution in [1.82, 2.24) is 14.5 Å². The third-order valence-corrected chi connectivity index (χ3v) is 9.87. The molecule has 53 heavy (non-hydrogen) atoms. The van der Waals surface area contributed by atoms with Gasteiger partial charge in [0.1, 0.15) is 11.6 Å². The van der Waals surface area contributed by atoms with Crippen LogP contribution in [-0.2, 0) is 37.3 Å². The molecule has 0 saturated heterocycles. The second kappa shape index (κ2) is 14.2. The van der Waals surface area contributed by atoms with Crippen LogP contribution in [-0.4, -0.2) is 19.6 Å². The van der Waals surface area contributed by atoms with Gasteiger partial charge in [-0.15, -0.1) is 28.8 Å². The molecule has 0 aliphatic carbocycles. The van der Waals surface area contributed by atoms with Gasteiger partial charge in [0.05, 0.1) is 16.6 Å².